The Hall–Kier alpha value is -1.94. The molecule has 0 radical (unpaired) electrons. The van der Waals surface area contributed by atoms with E-state index in [1.165, 1.54) is 17.7 Å². The van der Waals surface area contributed by atoms with E-state index in [9.17, 15) is 8.78 Å². The largest absolute Gasteiger partial charge is 0.491 e. The first-order valence-electron chi connectivity index (χ1n) is 6.97. The molecular weight excluding hydrogens is 272 g/mol. The van der Waals surface area contributed by atoms with Crippen LogP contribution in [0.5, 0.6) is 5.75 Å². The van der Waals surface area contributed by atoms with Gasteiger partial charge in [0.1, 0.15) is 24.0 Å². The SMILES string of the molecule is CCNC(COc1cc(F)cc(F)c1)c1ccc(C)cc1. The summed E-state index contributed by atoms with van der Waals surface area (Å²) in [5, 5.41) is 3.31. The lowest BCUT2D eigenvalue weighted by atomic mass is 10.1. The highest BCUT2D eigenvalue weighted by atomic mass is 19.1. The maximum absolute atomic E-state index is 13.1. The summed E-state index contributed by atoms with van der Waals surface area (Å²) >= 11 is 0. The third-order valence-electron chi connectivity index (χ3n) is 3.18. The number of aryl methyl sites for hydroxylation is 1. The number of hydrogen-bond donors (Lipinski definition) is 1. The van der Waals surface area contributed by atoms with E-state index in [4.69, 9.17) is 4.74 Å². The molecule has 1 unspecified atom stereocenters. The quantitative estimate of drug-likeness (QED) is 0.868. The molecule has 112 valence electrons. The number of nitrogens with one attached hydrogen (secondary N) is 1. The molecule has 0 bridgehead atoms. The Bertz CT molecular complexity index is 564. The van der Waals surface area contributed by atoms with Crippen LogP contribution in [0.1, 0.15) is 24.1 Å². The van der Waals surface area contributed by atoms with Gasteiger partial charge < -0.3 is 10.1 Å². The molecule has 0 spiro atoms. The fraction of sp³-hybridized carbons (Fsp3) is 0.294. The summed E-state index contributed by atoms with van der Waals surface area (Å²) in [6.45, 7) is 5.11. The summed E-state index contributed by atoms with van der Waals surface area (Å²) in [5.74, 6) is -1.08. The van der Waals surface area contributed by atoms with Gasteiger partial charge in [-0.05, 0) is 19.0 Å². The van der Waals surface area contributed by atoms with Crippen molar-refractivity contribution in [1.29, 1.82) is 0 Å². The van der Waals surface area contributed by atoms with E-state index in [1.54, 1.807) is 0 Å². The molecule has 0 saturated carbocycles. The number of hydrogen-bond acceptors (Lipinski definition) is 2. The van der Waals surface area contributed by atoms with Crippen molar-refractivity contribution in [3.05, 3.63) is 65.2 Å². The normalized spacial score (nSPS) is 12.2. The molecular formula is C17H19F2NO. The molecule has 0 aliphatic heterocycles. The van der Waals surface area contributed by atoms with Crippen molar-refractivity contribution < 1.29 is 13.5 Å². The van der Waals surface area contributed by atoms with Gasteiger partial charge in [-0.2, -0.15) is 0 Å². The molecule has 2 aromatic rings. The Kier molecular flexibility index (Phi) is 5.28. The molecule has 2 aromatic carbocycles. The molecule has 0 aliphatic rings. The molecule has 1 atom stereocenters. The minimum Gasteiger partial charge on any atom is -0.491 e. The van der Waals surface area contributed by atoms with Crippen LogP contribution in [-0.4, -0.2) is 13.2 Å². The van der Waals surface area contributed by atoms with Gasteiger partial charge in [-0.25, -0.2) is 8.78 Å². The highest BCUT2D eigenvalue weighted by Gasteiger charge is 2.11. The minimum atomic E-state index is -0.639. The summed E-state index contributed by atoms with van der Waals surface area (Å²) in [5.41, 5.74) is 2.27. The Balaban J connectivity index is 2.07. The smallest absolute Gasteiger partial charge is 0.129 e. The summed E-state index contributed by atoms with van der Waals surface area (Å²) in [7, 11) is 0. The lowest BCUT2D eigenvalue weighted by Gasteiger charge is -2.19. The van der Waals surface area contributed by atoms with Gasteiger partial charge in [0.25, 0.3) is 0 Å². The van der Waals surface area contributed by atoms with Crippen molar-refractivity contribution >= 4 is 0 Å². The van der Waals surface area contributed by atoms with Gasteiger partial charge in [-0.1, -0.05) is 36.8 Å². The van der Waals surface area contributed by atoms with E-state index in [1.807, 2.05) is 38.1 Å². The fourth-order valence-electron chi connectivity index (χ4n) is 2.11. The van der Waals surface area contributed by atoms with Gasteiger partial charge in [0.05, 0.1) is 6.04 Å². The number of likely N-dealkylation sites (N-methyl/N-ethyl adjacent to an activating group) is 1. The third kappa shape index (κ3) is 4.53. The van der Waals surface area contributed by atoms with E-state index < -0.39 is 11.6 Å². The zero-order valence-electron chi connectivity index (χ0n) is 12.2. The second kappa shape index (κ2) is 7.18. The van der Waals surface area contributed by atoms with E-state index in [0.717, 1.165) is 18.2 Å². The highest BCUT2D eigenvalue weighted by molar-refractivity contribution is 5.26. The van der Waals surface area contributed by atoms with Crippen molar-refractivity contribution in [1.82, 2.24) is 5.32 Å². The van der Waals surface area contributed by atoms with Gasteiger partial charge in [0, 0.05) is 18.2 Å². The predicted molar refractivity (Wildman–Crippen MR) is 79.4 cm³/mol. The summed E-state index contributed by atoms with van der Waals surface area (Å²) in [6, 6.07) is 11.3. The second-order valence-electron chi connectivity index (χ2n) is 4.94. The number of halogens is 2. The maximum Gasteiger partial charge on any atom is 0.129 e. The predicted octanol–water partition coefficient (Wildman–Crippen LogP) is 4.00. The molecule has 0 fully saturated rings. The minimum absolute atomic E-state index is 0.0260. The van der Waals surface area contributed by atoms with Gasteiger partial charge in [0.15, 0.2) is 0 Å². The molecule has 4 heteroatoms. The first kappa shape index (κ1) is 15.4. The van der Waals surface area contributed by atoms with E-state index >= 15 is 0 Å². The number of benzene rings is 2. The second-order valence-corrected chi connectivity index (χ2v) is 4.94. The molecule has 0 saturated heterocycles. The third-order valence-corrected chi connectivity index (χ3v) is 3.18. The van der Waals surface area contributed by atoms with Crippen LogP contribution < -0.4 is 10.1 Å². The first-order chi connectivity index (χ1) is 10.1. The van der Waals surface area contributed by atoms with Crippen LogP contribution >= 0.6 is 0 Å². The fourth-order valence-corrected chi connectivity index (χ4v) is 2.11. The van der Waals surface area contributed by atoms with E-state index in [0.29, 0.717) is 6.61 Å². The van der Waals surface area contributed by atoms with E-state index in [-0.39, 0.29) is 11.8 Å². The molecule has 0 heterocycles. The zero-order chi connectivity index (χ0) is 15.2. The van der Waals surface area contributed by atoms with Crippen LogP contribution in [0.3, 0.4) is 0 Å². The Morgan fingerprint density at radius 1 is 1.05 bits per heavy atom. The average molecular weight is 291 g/mol. The van der Waals surface area contributed by atoms with Gasteiger partial charge in [-0.3, -0.25) is 0 Å². The molecule has 2 rings (SSSR count). The first-order valence-corrected chi connectivity index (χ1v) is 6.97. The van der Waals surface area contributed by atoms with Crippen LogP contribution in [0.25, 0.3) is 0 Å². The molecule has 0 aliphatic carbocycles. The lowest BCUT2D eigenvalue weighted by Crippen LogP contribution is -2.26. The summed E-state index contributed by atoms with van der Waals surface area (Å²) < 4.78 is 31.8. The van der Waals surface area contributed by atoms with Gasteiger partial charge in [-0.15, -0.1) is 0 Å². The monoisotopic (exact) mass is 291 g/mol. The van der Waals surface area contributed by atoms with Crippen LogP contribution in [0.4, 0.5) is 8.78 Å². The topological polar surface area (TPSA) is 21.3 Å². The zero-order valence-corrected chi connectivity index (χ0v) is 12.2. The van der Waals surface area contributed by atoms with Crippen molar-refractivity contribution in [2.75, 3.05) is 13.2 Å². The maximum atomic E-state index is 13.1. The molecule has 0 aromatic heterocycles. The van der Waals surface area contributed by atoms with Crippen molar-refractivity contribution in [3.8, 4) is 5.75 Å². The molecule has 0 amide bonds. The summed E-state index contributed by atoms with van der Waals surface area (Å²) in [4.78, 5) is 0. The van der Waals surface area contributed by atoms with Crippen molar-refractivity contribution in [2.24, 2.45) is 0 Å². The lowest BCUT2D eigenvalue weighted by molar-refractivity contribution is 0.266. The van der Waals surface area contributed by atoms with Crippen molar-refractivity contribution in [2.45, 2.75) is 19.9 Å². The number of ether oxygens (including phenoxy) is 1. The van der Waals surface area contributed by atoms with Crippen LogP contribution in [0, 0.1) is 18.6 Å². The Labute approximate surface area is 123 Å². The Morgan fingerprint density at radius 3 is 2.24 bits per heavy atom. The van der Waals surface area contributed by atoms with Gasteiger partial charge >= 0.3 is 0 Å². The Morgan fingerprint density at radius 2 is 1.67 bits per heavy atom. The van der Waals surface area contributed by atoms with Gasteiger partial charge in [0.2, 0.25) is 0 Å². The van der Waals surface area contributed by atoms with Crippen molar-refractivity contribution in [3.63, 3.8) is 0 Å². The van der Waals surface area contributed by atoms with Crippen LogP contribution in [0.2, 0.25) is 0 Å². The summed E-state index contributed by atoms with van der Waals surface area (Å²) in [6.07, 6.45) is 0. The van der Waals surface area contributed by atoms with Crippen LogP contribution in [0.15, 0.2) is 42.5 Å². The highest BCUT2D eigenvalue weighted by Crippen LogP contribution is 2.19. The standard InChI is InChI=1S/C17H19F2NO/c1-3-20-17(13-6-4-12(2)5-7-13)11-21-16-9-14(18)8-15(19)10-16/h4-10,17,20H,3,11H2,1-2H3. The van der Waals surface area contributed by atoms with E-state index in [2.05, 4.69) is 5.32 Å². The molecule has 21 heavy (non-hydrogen) atoms. The average Bonchev–Trinajstić information content (AvgIpc) is 2.43. The number of rotatable bonds is 6. The van der Waals surface area contributed by atoms with Crippen LogP contribution in [-0.2, 0) is 0 Å². The molecule has 1 N–H and O–H groups in total. The molecule has 2 nitrogen and oxygen atoms in total.